The van der Waals surface area contributed by atoms with Crippen molar-refractivity contribution in [2.75, 3.05) is 10.6 Å². The Balaban J connectivity index is 1.70. The predicted octanol–water partition coefficient (Wildman–Crippen LogP) is 2.85. The van der Waals surface area contributed by atoms with Crippen LogP contribution in [0.25, 0.3) is 0 Å². The SMILES string of the molecule is CCc1ccc(NC2=N[C@H](C(=O)Nc3ccc(C)cc3)CC(=O)N2)cc1. The van der Waals surface area contributed by atoms with Gasteiger partial charge in [-0.3, -0.25) is 14.9 Å². The first kappa shape index (κ1) is 17.7. The molecule has 1 aliphatic heterocycles. The van der Waals surface area contributed by atoms with E-state index in [-0.39, 0.29) is 24.2 Å². The minimum Gasteiger partial charge on any atom is -0.326 e. The van der Waals surface area contributed by atoms with E-state index in [9.17, 15) is 9.59 Å². The van der Waals surface area contributed by atoms with Gasteiger partial charge >= 0.3 is 0 Å². The molecule has 2 aromatic carbocycles. The Bertz CT molecular complexity index is 826. The van der Waals surface area contributed by atoms with Crippen LogP contribution in [0.2, 0.25) is 0 Å². The summed E-state index contributed by atoms with van der Waals surface area (Å²) < 4.78 is 0. The maximum absolute atomic E-state index is 12.5. The third kappa shape index (κ3) is 4.47. The Kier molecular flexibility index (Phi) is 5.31. The molecule has 26 heavy (non-hydrogen) atoms. The smallest absolute Gasteiger partial charge is 0.249 e. The molecule has 1 atom stereocenters. The van der Waals surface area contributed by atoms with Crippen LogP contribution < -0.4 is 16.0 Å². The standard InChI is InChI=1S/C20H22N4O2/c1-3-14-6-10-16(11-7-14)22-20-23-17(12-18(25)24-20)19(26)21-15-8-4-13(2)5-9-15/h4-11,17H,3,12H2,1-2H3,(H,21,26)(H2,22,23,24,25)/t17-/m0/s1. The highest BCUT2D eigenvalue weighted by molar-refractivity contribution is 6.10. The second-order valence-corrected chi connectivity index (χ2v) is 6.28. The number of hydrogen-bond acceptors (Lipinski definition) is 4. The summed E-state index contributed by atoms with van der Waals surface area (Å²) in [6.45, 7) is 4.07. The summed E-state index contributed by atoms with van der Waals surface area (Å²) in [4.78, 5) is 28.8. The lowest BCUT2D eigenvalue weighted by atomic mass is 10.1. The van der Waals surface area contributed by atoms with E-state index in [0.717, 1.165) is 17.7 Å². The van der Waals surface area contributed by atoms with Crippen molar-refractivity contribution >= 4 is 29.1 Å². The van der Waals surface area contributed by atoms with Gasteiger partial charge in [-0.1, -0.05) is 36.8 Å². The number of carbonyl (C=O) groups excluding carboxylic acids is 2. The lowest BCUT2D eigenvalue weighted by Crippen LogP contribution is -2.45. The molecule has 3 rings (SSSR count). The predicted molar refractivity (Wildman–Crippen MR) is 103 cm³/mol. The van der Waals surface area contributed by atoms with Crippen LogP contribution in [0.15, 0.2) is 53.5 Å². The molecule has 0 fully saturated rings. The quantitative estimate of drug-likeness (QED) is 0.793. The number of aryl methyl sites for hydroxylation is 2. The van der Waals surface area contributed by atoms with Gasteiger partial charge in [-0.2, -0.15) is 0 Å². The number of nitrogens with one attached hydrogen (secondary N) is 3. The van der Waals surface area contributed by atoms with Gasteiger partial charge in [0, 0.05) is 11.4 Å². The number of hydrogen-bond donors (Lipinski definition) is 3. The van der Waals surface area contributed by atoms with Crippen molar-refractivity contribution < 1.29 is 9.59 Å². The van der Waals surface area contributed by atoms with Gasteiger partial charge in [0.05, 0.1) is 6.42 Å². The molecule has 0 aliphatic carbocycles. The Morgan fingerprint density at radius 3 is 2.42 bits per heavy atom. The van der Waals surface area contributed by atoms with Gasteiger partial charge in [0.25, 0.3) is 0 Å². The van der Waals surface area contributed by atoms with Gasteiger partial charge < -0.3 is 10.6 Å². The first-order valence-corrected chi connectivity index (χ1v) is 8.64. The summed E-state index contributed by atoms with van der Waals surface area (Å²) in [6.07, 6.45) is 0.983. The summed E-state index contributed by atoms with van der Waals surface area (Å²) in [5, 5.41) is 8.53. The lowest BCUT2D eigenvalue weighted by molar-refractivity contribution is -0.124. The van der Waals surface area contributed by atoms with Gasteiger partial charge in [0.15, 0.2) is 0 Å². The fourth-order valence-electron chi connectivity index (χ4n) is 2.63. The average Bonchev–Trinajstić information content (AvgIpc) is 2.64. The highest BCUT2D eigenvalue weighted by Gasteiger charge is 2.27. The first-order chi connectivity index (χ1) is 12.5. The number of anilines is 2. The maximum atomic E-state index is 12.5. The third-order valence-electron chi connectivity index (χ3n) is 4.17. The number of nitrogens with zero attached hydrogens (tertiary/aromatic N) is 1. The van der Waals surface area contributed by atoms with Crippen molar-refractivity contribution in [3.63, 3.8) is 0 Å². The van der Waals surface area contributed by atoms with Crippen molar-refractivity contribution in [1.29, 1.82) is 0 Å². The molecular formula is C20H22N4O2. The minimum atomic E-state index is -0.762. The molecule has 0 aromatic heterocycles. The highest BCUT2D eigenvalue weighted by Crippen LogP contribution is 2.14. The van der Waals surface area contributed by atoms with Crippen molar-refractivity contribution in [1.82, 2.24) is 5.32 Å². The zero-order chi connectivity index (χ0) is 18.5. The number of rotatable bonds is 4. The number of aliphatic imine (C=N–C) groups is 1. The van der Waals surface area contributed by atoms with E-state index < -0.39 is 6.04 Å². The van der Waals surface area contributed by atoms with Crippen LogP contribution >= 0.6 is 0 Å². The van der Waals surface area contributed by atoms with E-state index in [1.807, 2.05) is 55.5 Å². The van der Waals surface area contributed by atoms with Crippen LogP contribution in [0.1, 0.15) is 24.5 Å². The summed E-state index contributed by atoms with van der Waals surface area (Å²) in [5.74, 6) is -0.254. The number of guanidine groups is 1. The molecule has 0 spiro atoms. The van der Waals surface area contributed by atoms with Crippen LogP contribution in [0.3, 0.4) is 0 Å². The van der Waals surface area contributed by atoms with Crippen LogP contribution in [-0.4, -0.2) is 23.8 Å². The Labute approximate surface area is 152 Å². The fraction of sp³-hybridized carbons (Fsp3) is 0.250. The van der Waals surface area contributed by atoms with Crippen molar-refractivity contribution in [2.24, 2.45) is 4.99 Å². The molecule has 2 amide bonds. The summed E-state index contributed by atoms with van der Waals surface area (Å²) in [7, 11) is 0. The normalized spacial score (nSPS) is 16.5. The molecule has 0 bridgehead atoms. The Morgan fingerprint density at radius 1 is 1.12 bits per heavy atom. The molecule has 3 N–H and O–H groups in total. The molecule has 0 unspecified atom stereocenters. The monoisotopic (exact) mass is 350 g/mol. The van der Waals surface area contributed by atoms with Gasteiger partial charge in [-0.05, 0) is 43.2 Å². The molecule has 0 saturated heterocycles. The van der Waals surface area contributed by atoms with Crippen LogP contribution in [-0.2, 0) is 16.0 Å². The number of amides is 2. The third-order valence-corrected chi connectivity index (χ3v) is 4.17. The van der Waals surface area contributed by atoms with Gasteiger partial charge in [0.1, 0.15) is 6.04 Å². The summed E-state index contributed by atoms with van der Waals surface area (Å²) >= 11 is 0. The maximum Gasteiger partial charge on any atom is 0.249 e. The summed E-state index contributed by atoms with van der Waals surface area (Å²) in [5.41, 5.74) is 3.83. The second-order valence-electron chi connectivity index (χ2n) is 6.28. The zero-order valence-electron chi connectivity index (χ0n) is 14.9. The first-order valence-electron chi connectivity index (χ1n) is 8.64. The van der Waals surface area contributed by atoms with Gasteiger partial charge in [-0.15, -0.1) is 0 Å². The molecule has 6 heteroatoms. The highest BCUT2D eigenvalue weighted by atomic mass is 16.2. The topological polar surface area (TPSA) is 82.6 Å². The molecule has 0 saturated carbocycles. The largest absolute Gasteiger partial charge is 0.326 e. The molecular weight excluding hydrogens is 328 g/mol. The zero-order valence-corrected chi connectivity index (χ0v) is 14.9. The van der Waals surface area contributed by atoms with E-state index in [1.165, 1.54) is 5.56 Å². The molecule has 2 aromatic rings. The van der Waals surface area contributed by atoms with E-state index in [0.29, 0.717) is 5.69 Å². The number of carbonyl (C=O) groups is 2. The molecule has 6 nitrogen and oxygen atoms in total. The Hall–Kier alpha value is -3.15. The van der Waals surface area contributed by atoms with Gasteiger partial charge in [0.2, 0.25) is 17.8 Å². The van der Waals surface area contributed by atoms with Gasteiger partial charge in [-0.25, -0.2) is 4.99 Å². The number of benzene rings is 2. The van der Waals surface area contributed by atoms with Crippen molar-refractivity contribution in [3.05, 3.63) is 59.7 Å². The fourth-order valence-corrected chi connectivity index (χ4v) is 2.63. The molecule has 1 aliphatic rings. The van der Waals surface area contributed by atoms with Crippen molar-refractivity contribution in [2.45, 2.75) is 32.7 Å². The lowest BCUT2D eigenvalue weighted by Gasteiger charge is -2.21. The second kappa shape index (κ2) is 7.82. The Morgan fingerprint density at radius 2 is 1.77 bits per heavy atom. The van der Waals surface area contributed by atoms with Crippen LogP contribution in [0.4, 0.5) is 11.4 Å². The minimum absolute atomic E-state index is 0.0254. The van der Waals surface area contributed by atoms with E-state index in [2.05, 4.69) is 27.9 Å². The molecule has 0 radical (unpaired) electrons. The molecule has 134 valence electrons. The van der Waals surface area contributed by atoms with Crippen molar-refractivity contribution in [3.8, 4) is 0 Å². The van der Waals surface area contributed by atoms with Crippen LogP contribution in [0, 0.1) is 6.92 Å². The average molecular weight is 350 g/mol. The van der Waals surface area contributed by atoms with E-state index in [4.69, 9.17) is 0 Å². The van der Waals surface area contributed by atoms with E-state index in [1.54, 1.807) is 0 Å². The summed E-state index contributed by atoms with van der Waals surface area (Å²) in [6, 6.07) is 14.6. The van der Waals surface area contributed by atoms with Crippen LogP contribution in [0.5, 0.6) is 0 Å². The molecule has 1 heterocycles. The van der Waals surface area contributed by atoms with E-state index >= 15 is 0 Å².